The monoisotopic (exact) mass is 297 g/mol. The summed E-state index contributed by atoms with van der Waals surface area (Å²) in [6.45, 7) is 2.65. The van der Waals surface area contributed by atoms with Gasteiger partial charge in [0.1, 0.15) is 0 Å². The topological polar surface area (TPSA) is 53.0 Å². The van der Waals surface area contributed by atoms with Gasteiger partial charge in [-0.15, -0.1) is 0 Å². The summed E-state index contributed by atoms with van der Waals surface area (Å²) in [4.78, 5) is 2.36. The number of fused-ring (bicyclic) bond motifs is 1. The normalized spacial score (nSPS) is 14.5. The van der Waals surface area contributed by atoms with Gasteiger partial charge in [-0.1, -0.05) is 29.8 Å². The van der Waals surface area contributed by atoms with Gasteiger partial charge < -0.3 is 5.73 Å². The zero-order chi connectivity index (χ0) is 14.8. The third-order valence-corrected chi connectivity index (χ3v) is 4.31. The lowest BCUT2D eigenvalue weighted by atomic mass is 9.97. The molecule has 2 aromatic rings. The van der Waals surface area contributed by atoms with Gasteiger partial charge >= 0.3 is 0 Å². The van der Waals surface area contributed by atoms with E-state index in [1.165, 1.54) is 11.1 Å². The second-order valence-electron chi connectivity index (χ2n) is 5.36. The number of nitrogens with two attached hydrogens (primary N) is 1. The van der Waals surface area contributed by atoms with Crippen molar-refractivity contribution in [2.75, 3.05) is 12.3 Å². The Balaban J connectivity index is 1.77. The fourth-order valence-corrected chi connectivity index (χ4v) is 3.06. The number of hydrogen-bond donors (Lipinski definition) is 1. The lowest BCUT2D eigenvalue weighted by Gasteiger charge is -2.29. The lowest BCUT2D eigenvalue weighted by Crippen LogP contribution is -2.30. The van der Waals surface area contributed by atoms with Crippen LogP contribution < -0.4 is 5.73 Å². The predicted molar refractivity (Wildman–Crippen MR) is 84.8 cm³/mol. The lowest BCUT2D eigenvalue weighted by molar-refractivity contribution is 0.246. The van der Waals surface area contributed by atoms with E-state index in [-0.39, 0.29) is 0 Å². The van der Waals surface area contributed by atoms with E-state index in [4.69, 9.17) is 22.6 Å². The van der Waals surface area contributed by atoms with Gasteiger partial charge in [-0.2, -0.15) is 5.26 Å². The first-order chi connectivity index (χ1) is 10.2. The zero-order valence-electron chi connectivity index (χ0n) is 11.6. The Hall–Kier alpha value is -2.02. The van der Waals surface area contributed by atoms with Crippen molar-refractivity contribution < 1.29 is 0 Å². The first-order valence-electron chi connectivity index (χ1n) is 6.94. The fraction of sp³-hybridized carbons (Fsp3) is 0.235. The summed E-state index contributed by atoms with van der Waals surface area (Å²) in [5, 5.41) is 9.54. The molecule has 1 aliphatic rings. The van der Waals surface area contributed by atoms with Crippen molar-refractivity contribution in [3.05, 3.63) is 63.7 Å². The smallest absolute Gasteiger partial charge is 0.0992 e. The molecule has 106 valence electrons. The van der Waals surface area contributed by atoms with Gasteiger partial charge in [0, 0.05) is 30.3 Å². The zero-order valence-corrected chi connectivity index (χ0v) is 12.4. The molecule has 0 radical (unpaired) electrons. The standard InChI is InChI=1S/C17H16ClN3/c18-16-8-12(9-19)4-5-14(16)11-21-7-6-15-13(10-21)2-1-3-17(15)20/h1-5,8H,6-7,10-11,20H2. The Labute approximate surface area is 129 Å². The Morgan fingerprint density at radius 1 is 1.29 bits per heavy atom. The highest BCUT2D eigenvalue weighted by atomic mass is 35.5. The molecule has 0 bridgehead atoms. The molecule has 3 rings (SSSR count). The van der Waals surface area contributed by atoms with E-state index in [9.17, 15) is 0 Å². The van der Waals surface area contributed by atoms with E-state index in [0.717, 1.165) is 37.3 Å². The molecule has 0 fully saturated rings. The summed E-state index contributed by atoms with van der Waals surface area (Å²) in [5.74, 6) is 0. The van der Waals surface area contributed by atoms with Crippen LogP contribution in [0.15, 0.2) is 36.4 Å². The van der Waals surface area contributed by atoms with Crippen LogP contribution in [-0.2, 0) is 19.5 Å². The van der Waals surface area contributed by atoms with Gasteiger partial charge in [-0.05, 0) is 41.3 Å². The van der Waals surface area contributed by atoms with Crippen LogP contribution in [0.4, 0.5) is 5.69 Å². The molecule has 0 saturated carbocycles. The molecule has 0 aliphatic carbocycles. The Kier molecular flexibility index (Phi) is 3.83. The minimum atomic E-state index is 0.598. The van der Waals surface area contributed by atoms with Crippen LogP contribution in [0, 0.1) is 11.3 Å². The predicted octanol–water partition coefficient (Wildman–Crippen LogP) is 3.35. The van der Waals surface area contributed by atoms with Gasteiger partial charge in [0.25, 0.3) is 0 Å². The van der Waals surface area contributed by atoms with Crippen LogP contribution in [0.5, 0.6) is 0 Å². The van der Waals surface area contributed by atoms with E-state index in [1.807, 2.05) is 24.3 Å². The fourth-order valence-electron chi connectivity index (χ4n) is 2.82. The largest absolute Gasteiger partial charge is 0.398 e. The van der Waals surface area contributed by atoms with Crippen molar-refractivity contribution in [1.82, 2.24) is 4.90 Å². The SMILES string of the molecule is N#Cc1ccc(CN2CCc3c(N)cccc3C2)c(Cl)c1. The van der Waals surface area contributed by atoms with Gasteiger partial charge in [0.2, 0.25) is 0 Å². The average Bonchev–Trinajstić information content (AvgIpc) is 2.49. The molecule has 0 saturated heterocycles. The first kappa shape index (κ1) is 13.9. The molecule has 4 heteroatoms. The Morgan fingerprint density at radius 3 is 2.90 bits per heavy atom. The minimum Gasteiger partial charge on any atom is -0.398 e. The van der Waals surface area contributed by atoms with Crippen LogP contribution >= 0.6 is 11.6 Å². The van der Waals surface area contributed by atoms with Crippen molar-refractivity contribution in [2.45, 2.75) is 19.5 Å². The third kappa shape index (κ3) is 2.87. The van der Waals surface area contributed by atoms with Crippen molar-refractivity contribution in [3.63, 3.8) is 0 Å². The number of rotatable bonds is 2. The second-order valence-corrected chi connectivity index (χ2v) is 5.77. The number of nitrogen functional groups attached to an aromatic ring is 1. The highest BCUT2D eigenvalue weighted by molar-refractivity contribution is 6.31. The average molecular weight is 298 g/mol. The van der Waals surface area contributed by atoms with Crippen LogP contribution in [0.2, 0.25) is 5.02 Å². The van der Waals surface area contributed by atoms with E-state index >= 15 is 0 Å². The van der Waals surface area contributed by atoms with Crippen molar-refractivity contribution in [3.8, 4) is 6.07 Å². The number of anilines is 1. The maximum atomic E-state index is 8.88. The molecule has 1 aliphatic heterocycles. The van der Waals surface area contributed by atoms with E-state index in [1.54, 1.807) is 6.07 Å². The molecule has 0 aromatic heterocycles. The molecule has 2 N–H and O–H groups in total. The second kappa shape index (κ2) is 5.77. The van der Waals surface area contributed by atoms with Gasteiger partial charge in [0.05, 0.1) is 11.6 Å². The van der Waals surface area contributed by atoms with E-state index in [2.05, 4.69) is 17.0 Å². The third-order valence-electron chi connectivity index (χ3n) is 3.96. The molecule has 2 aromatic carbocycles. The molecular formula is C17H16ClN3. The summed E-state index contributed by atoms with van der Waals surface area (Å²) >= 11 is 6.26. The number of nitrogens with zero attached hydrogens (tertiary/aromatic N) is 2. The van der Waals surface area contributed by atoms with Crippen LogP contribution in [0.1, 0.15) is 22.3 Å². The molecule has 0 atom stereocenters. The van der Waals surface area contributed by atoms with Crippen molar-refractivity contribution in [1.29, 1.82) is 5.26 Å². The summed E-state index contributed by atoms with van der Waals surface area (Å²) < 4.78 is 0. The molecule has 3 nitrogen and oxygen atoms in total. The highest BCUT2D eigenvalue weighted by Crippen LogP contribution is 2.26. The maximum Gasteiger partial charge on any atom is 0.0992 e. The maximum absolute atomic E-state index is 8.88. The quantitative estimate of drug-likeness (QED) is 0.865. The van der Waals surface area contributed by atoms with Crippen LogP contribution in [0.25, 0.3) is 0 Å². The van der Waals surface area contributed by atoms with E-state index in [0.29, 0.717) is 10.6 Å². The summed E-state index contributed by atoms with van der Waals surface area (Å²) in [5.41, 5.74) is 11.1. The molecular weight excluding hydrogens is 282 g/mol. The molecule has 21 heavy (non-hydrogen) atoms. The Bertz CT molecular complexity index is 718. The number of benzene rings is 2. The van der Waals surface area contributed by atoms with Crippen LogP contribution in [-0.4, -0.2) is 11.4 Å². The molecule has 0 amide bonds. The number of halogens is 1. The van der Waals surface area contributed by atoms with E-state index < -0.39 is 0 Å². The minimum absolute atomic E-state index is 0.598. The summed E-state index contributed by atoms with van der Waals surface area (Å²) in [6.07, 6.45) is 0.968. The van der Waals surface area contributed by atoms with Crippen molar-refractivity contribution in [2.24, 2.45) is 0 Å². The molecule has 0 spiro atoms. The van der Waals surface area contributed by atoms with Gasteiger partial charge in [0.15, 0.2) is 0 Å². The summed E-state index contributed by atoms with van der Waals surface area (Å²) in [7, 11) is 0. The van der Waals surface area contributed by atoms with Gasteiger partial charge in [-0.25, -0.2) is 0 Å². The van der Waals surface area contributed by atoms with Crippen molar-refractivity contribution >= 4 is 17.3 Å². The molecule has 0 unspecified atom stereocenters. The van der Waals surface area contributed by atoms with Gasteiger partial charge in [-0.3, -0.25) is 4.90 Å². The first-order valence-corrected chi connectivity index (χ1v) is 7.32. The number of nitriles is 1. The Morgan fingerprint density at radius 2 is 2.14 bits per heavy atom. The number of hydrogen-bond acceptors (Lipinski definition) is 3. The van der Waals surface area contributed by atoms with Crippen LogP contribution in [0.3, 0.4) is 0 Å². The molecule has 1 heterocycles. The summed E-state index contributed by atoms with van der Waals surface area (Å²) in [6, 6.07) is 13.7. The highest BCUT2D eigenvalue weighted by Gasteiger charge is 2.18.